The maximum absolute atomic E-state index is 12.1. The second kappa shape index (κ2) is 11.3. The summed E-state index contributed by atoms with van der Waals surface area (Å²) in [4.78, 5) is 20.4. The van der Waals surface area contributed by atoms with Crippen molar-refractivity contribution in [3.63, 3.8) is 0 Å². The lowest BCUT2D eigenvalue weighted by atomic mass is 10.1. The normalized spacial score (nSPS) is 16.7. The smallest absolute Gasteiger partial charge is 0.253 e. The minimum absolute atomic E-state index is 0. The van der Waals surface area contributed by atoms with Crippen LogP contribution in [0, 0.1) is 0 Å². The number of hydrogen-bond donors (Lipinski definition) is 1. The van der Waals surface area contributed by atoms with Gasteiger partial charge in [0, 0.05) is 58.6 Å². The molecule has 2 aromatic rings. The number of rotatable bonds is 5. The maximum atomic E-state index is 12.1. The number of aryl methyl sites for hydroxylation is 1. The maximum Gasteiger partial charge on any atom is 0.253 e. The molecular weight excluding hydrogens is 495 g/mol. The van der Waals surface area contributed by atoms with Crippen LogP contribution in [0.3, 0.4) is 0 Å². The van der Waals surface area contributed by atoms with E-state index in [1.165, 1.54) is 0 Å². The van der Waals surface area contributed by atoms with Crippen molar-refractivity contribution < 1.29 is 9.53 Å². The van der Waals surface area contributed by atoms with Gasteiger partial charge in [-0.1, -0.05) is 12.1 Å². The molecule has 1 N–H and O–H groups in total. The van der Waals surface area contributed by atoms with Gasteiger partial charge in [-0.3, -0.25) is 14.5 Å². The topological polar surface area (TPSA) is 75.0 Å². The molecule has 2 heterocycles. The van der Waals surface area contributed by atoms with Crippen molar-refractivity contribution in [2.45, 2.75) is 12.5 Å². The third kappa shape index (κ3) is 6.18. The molecule has 0 aliphatic carbocycles. The molecule has 8 nitrogen and oxygen atoms in total. The number of aliphatic imine (C=N–C) groups is 1. The number of halogens is 1. The third-order valence-electron chi connectivity index (χ3n) is 4.95. The van der Waals surface area contributed by atoms with Crippen LogP contribution in [0.4, 0.5) is 0 Å². The largest absolute Gasteiger partial charge is 0.370 e. The van der Waals surface area contributed by atoms with E-state index < -0.39 is 0 Å². The molecule has 1 amide bonds. The highest BCUT2D eigenvalue weighted by Gasteiger charge is 2.25. The Morgan fingerprint density at radius 2 is 2.20 bits per heavy atom. The molecule has 1 unspecified atom stereocenters. The van der Waals surface area contributed by atoms with E-state index in [1.54, 1.807) is 30.7 Å². The van der Waals surface area contributed by atoms with Gasteiger partial charge in [0.2, 0.25) is 0 Å². The Bertz CT molecular complexity index is 867. The van der Waals surface area contributed by atoms with Crippen LogP contribution < -0.4 is 5.32 Å². The Morgan fingerprint density at radius 1 is 1.40 bits per heavy atom. The minimum Gasteiger partial charge on any atom is -0.370 e. The lowest BCUT2D eigenvalue weighted by Crippen LogP contribution is -2.48. The van der Waals surface area contributed by atoms with E-state index in [2.05, 4.69) is 20.3 Å². The van der Waals surface area contributed by atoms with Crippen molar-refractivity contribution in [2.75, 3.05) is 47.4 Å². The van der Waals surface area contributed by atoms with Gasteiger partial charge in [-0.05, 0) is 24.1 Å². The molecule has 1 aromatic heterocycles. The van der Waals surface area contributed by atoms with E-state index in [0.29, 0.717) is 12.2 Å². The molecule has 1 aromatic carbocycles. The number of benzene rings is 1. The lowest BCUT2D eigenvalue weighted by Gasteiger charge is -2.34. The van der Waals surface area contributed by atoms with Crippen molar-refractivity contribution >= 4 is 35.8 Å². The Balaban J connectivity index is 0.00000320. The number of carbonyl (C=O) groups is 1. The van der Waals surface area contributed by atoms with Gasteiger partial charge in [0.25, 0.3) is 5.91 Å². The first-order valence-corrected chi connectivity index (χ1v) is 9.84. The molecule has 1 atom stereocenters. The molecule has 1 saturated heterocycles. The minimum atomic E-state index is -0.00951. The summed E-state index contributed by atoms with van der Waals surface area (Å²) in [5.41, 5.74) is 2.91. The average Bonchev–Trinajstić information content (AvgIpc) is 3.17. The standard InChI is InChI=1S/C21H30N6O2.HI/c1-22-21(27-10-11-29-19(15-27)18-13-24-26(4)14-18)23-9-8-16-6-5-7-17(12-16)20(28)25(2)3;/h5-7,12-14,19H,8-11,15H2,1-4H3,(H,22,23);1H. The van der Waals surface area contributed by atoms with Crippen LogP contribution in [-0.4, -0.2) is 78.8 Å². The van der Waals surface area contributed by atoms with E-state index >= 15 is 0 Å². The molecule has 1 aliphatic heterocycles. The average molecular weight is 526 g/mol. The second-order valence-electron chi connectivity index (χ2n) is 7.38. The van der Waals surface area contributed by atoms with Crippen LogP contribution >= 0.6 is 24.0 Å². The number of aromatic nitrogens is 2. The number of carbonyl (C=O) groups excluding carboxylic acids is 1. The van der Waals surface area contributed by atoms with E-state index in [9.17, 15) is 4.79 Å². The molecule has 9 heteroatoms. The van der Waals surface area contributed by atoms with E-state index in [4.69, 9.17) is 4.74 Å². The summed E-state index contributed by atoms with van der Waals surface area (Å²) in [7, 11) is 7.24. The summed E-state index contributed by atoms with van der Waals surface area (Å²) in [5.74, 6) is 0.882. The second-order valence-corrected chi connectivity index (χ2v) is 7.38. The van der Waals surface area contributed by atoms with Crippen LogP contribution in [0.25, 0.3) is 0 Å². The van der Waals surface area contributed by atoms with Gasteiger partial charge in [0.1, 0.15) is 6.10 Å². The van der Waals surface area contributed by atoms with Gasteiger partial charge in [-0.15, -0.1) is 24.0 Å². The SMILES string of the molecule is CN=C(NCCc1cccc(C(=O)N(C)C)c1)N1CCOC(c2cnn(C)c2)C1.I. The molecule has 3 rings (SSSR count). The lowest BCUT2D eigenvalue weighted by molar-refractivity contribution is -0.00800. The summed E-state index contributed by atoms with van der Waals surface area (Å²) in [6.45, 7) is 2.91. The third-order valence-corrected chi connectivity index (χ3v) is 4.95. The number of hydrogen-bond acceptors (Lipinski definition) is 4. The molecule has 30 heavy (non-hydrogen) atoms. The fourth-order valence-corrected chi connectivity index (χ4v) is 3.42. The molecule has 0 radical (unpaired) electrons. The summed E-state index contributed by atoms with van der Waals surface area (Å²) >= 11 is 0. The van der Waals surface area contributed by atoms with Crippen LogP contribution in [0.2, 0.25) is 0 Å². The molecule has 0 spiro atoms. The highest BCUT2D eigenvalue weighted by atomic mass is 127. The van der Waals surface area contributed by atoms with Crippen molar-refractivity contribution in [2.24, 2.45) is 12.0 Å². The van der Waals surface area contributed by atoms with Gasteiger partial charge >= 0.3 is 0 Å². The number of ether oxygens (including phenoxy) is 1. The Hall–Kier alpha value is -2.14. The number of guanidine groups is 1. The van der Waals surface area contributed by atoms with Gasteiger partial charge in [0.15, 0.2) is 5.96 Å². The molecular formula is C21H31IN6O2. The van der Waals surface area contributed by atoms with E-state index in [-0.39, 0.29) is 36.0 Å². The highest BCUT2D eigenvalue weighted by molar-refractivity contribution is 14.0. The molecule has 164 valence electrons. The molecule has 1 aliphatic rings. The monoisotopic (exact) mass is 526 g/mol. The first-order valence-electron chi connectivity index (χ1n) is 9.84. The highest BCUT2D eigenvalue weighted by Crippen LogP contribution is 2.21. The molecule has 0 saturated carbocycles. The first kappa shape index (κ1) is 24.1. The van der Waals surface area contributed by atoms with Crippen molar-refractivity contribution in [3.8, 4) is 0 Å². The zero-order chi connectivity index (χ0) is 20.8. The van der Waals surface area contributed by atoms with Crippen LogP contribution in [-0.2, 0) is 18.2 Å². The number of nitrogens with one attached hydrogen (secondary N) is 1. The first-order chi connectivity index (χ1) is 14.0. The Morgan fingerprint density at radius 3 is 2.87 bits per heavy atom. The van der Waals surface area contributed by atoms with E-state index in [0.717, 1.165) is 43.1 Å². The predicted molar refractivity (Wildman–Crippen MR) is 128 cm³/mol. The van der Waals surface area contributed by atoms with Crippen LogP contribution in [0.15, 0.2) is 41.7 Å². The van der Waals surface area contributed by atoms with Gasteiger partial charge < -0.3 is 19.9 Å². The quantitative estimate of drug-likeness (QED) is 0.366. The summed E-state index contributed by atoms with van der Waals surface area (Å²) in [6.07, 6.45) is 4.65. The fraction of sp³-hybridized carbons (Fsp3) is 0.476. The molecule has 0 bridgehead atoms. The summed E-state index contributed by atoms with van der Waals surface area (Å²) < 4.78 is 7.71. The predicted octanol–water partition coefficient (Wildman–Crippen LogP) is 1.93. The van der Waals surface area contributed by atoms with Gasteiger partial charge in [0.05, 0.1) is 19.3 Å². The van der Waals surface area contributed by atoms with Crippen molar-refractivity contribution in [1.29, 1.82) is 0 Å². The zero-order valence-corrected chi connectivity index (χ0v) is 20.4. The van der Waals surface area contributed by atoms with Gasteiger partial charge in [-0.25, -0.2) is 0 Å². The number of amides is 1. The number of morpholine rings is 1. The van der Waals surface area contributed by atoms with Crippen LogP contribution in [0.1, 0.15) is 27.6 Å². The van der Waals surface area contributed by atoms with Gasteiger partial charge in [-0.2, -0.15) is 5.10 Å². The summed E-state index contributed by atoms with van der Waals surface area (Å²) in [6, 6.07) is 7.79. The Labute approximate surface area is 195 Å². The van der Waals surface area contributed by atoms with Crippen LogP contribution in [0.5, 0.6) is 0 Å². The Kier molecular flexibility index (Phi) is 9.09. The summed E-state index contributed by atoms with van der Waals surface area (Å²) in [5, 5.41) is 7.68. The van der Waals surface area contributed by atoms with Crippen molar-refractivity contribution in [3.05, 3.63) is 53.3 Å². The van der Waals surface area contributed by atoms with Crippen molar-refractivity contribution in [1.82, 2.24) is 24.9 Å². The molecule has 1 fully saturated rings. The fourth-order valence-electron chi connectivity index (χ4n) is 3.42. The zero-order valence-electron chi connectivity index (χ0n) is 18.0. The van der Waals surface area contributed by atoms with E-state index in [1.807, 2.05) is 43.7 Å². The number of nitrogens with zero attached hydrogens (tertiary/aromatic N) is 5.